The maximum atomic E-state index is 5.93. The van der Waals surface area contributed by atoms with Crippen molar-refractivity contribution in [2.24, 2.45) is 0 Å². The van der Waals surface area contributed by atoms with Gasteiger partial charge in [0.25, 0.3) is 0 Å². The highest BCUT2D eigenvalue weighted by Crippen LogP contribution is 2.28. The van der Waals surface area contributed by atoms with Gasteiger partial charge in [-0.25, -0.2) is 9.97 Å². The van der Waals surface area contributed by atoms with Crippen LogP contribution in [0.15, 0.2) is 6.33 Å². The number of methoxy groups -OCH3 is 1. The summed E-state index contributed by atoms with van der Waals surface area (Å²) in [7, 11) is 1.56. The minimum Gasteiger partial charge on any atom is -0.490 e. The number of ether oxygens (including phenoxy) is 2. The Balaban J connectivity index is 1.74. The van der Waals surface area contributed by atoms with Gasteiger partial charge in [0.2, 0.25) is 0 Å². The Morgan fingerprint density at radius 2 is 2.21 bits per heavy atom. The molecule has 1 aliphatic rings. The predicted molar refractivity (Wildman–Crippen MR) is 74.0 cm³/mol. The molecule has 0 saturated carbocycles. The van der Waals surface area contributed by atoms with Crippen molar-refractivity contribution in [2.75, 3.05) is 51.8 Å². The lowest BCUT2D eigenvalue weighted by Gasteiger charge is -2.26. The molecule has 0 amide bonds. The summed E-state index contributed by atoms with van der Waals surface area (Å²) in [6.07, 6.45) is 2.46. The number of hydrogen-bond donors (Lipinski definition) is 1. The smallest absolute Gasteiger partial charge is 0.198 e. The minimum atomic E-state index is 0.327. The Kier molecular flexibility index (Phi) is 5.62. The molecule has 2 heterocycles. The van der Waals surface area contributed by atoms with Crippen LogP contribution in [0.3, 0.4) is 0 Å². The second kappa shape index (κ2) is 7.47. The van der Waals surface area contributed by atoms with Crippen molar-refractivity contribution in [3.05, 3.63) is 11.5 Å². The molecular weight excluding hydrogens is 268 g/mol. The molecule has 1 aromatic heterocycles. The molecule has 19 heavy (non-hydrogen) atoms. The van der Waals surface area contributed by atoms with E-state index >= 15 is 0 Å². The van der Waals surface area contributed by atoms with E-state index < -0.39 is 0 Å². The second-order valence-corrected chi connectivity index (χ2v) is 4.64. The van der Waals surface area contributed by atoms with Crippen LogP contribution in [0, 0.1) is 0 Å². The number of aromatic nitrogens is 2. The van der Waals surface area contributed by atoms with Gasteiger partial charge in [0.15, 0.2) is 16.7 Å². The standard InChI is InChI=1S/C12H19ClN4O2/c1-18-10-11(13)15-9-16-12(10)14-3-2-4-17-5-7-19-8-6-17/h9H,2-8H2,1H3,(H,14,15,16). The topological polar surface area (TPSA) is 59.5 Å². The number of hydrogen-bond acceptors (Lipinski definition) is 6. The van der Waals surface area contributed by atoms with Gasteiger partial charge in [0.1, 0.15) is 6.33 Å². The van der Waals surface area contributed by atoms with Gasteiger partial charge >= 0.3 is 0 Å². The third-order valence-electron chi connectivity index (χ3n) is 3.01. The fourth-order valence-electron chi connectivity index (χ4n) is 1.99. The lowest BCUT2D eigenvalue weighted by Crippen LogP contribution is -2.37. The van der Waals surface area contributed by atoms with Gasteiger partial charge in [0, 0.05) is 19.6 Å². The Hall–Kier alpha value is -1.11. The molecule has 1 aliphatic heterocycles. The van der Waals surface area contributed by atoms with Crippen LogP contribution in [-0.4, -0.2) is 61.4 Å². The van der Waals surface area contributed by atoms with E-state index in [1.807, 2.05) is 0 Å². The molecule has 7 heteroatoms. The Bertz CT molecular complexity index is 399. The summed E-state index contributed by atoms with van der Waals surface area (Å²) >= 11 is 5.93. The fraction of sp³-hybridized carbons (Fsp3) is 0.667. The van der Waals surface area contributed by atoms with Crippen molar-refractivity contribution in [1.29, 1.82) is 0 Å². The monoisotopic (exact) mass is 286 g/mol. The van der Waals surface area contributed by atoms with Gasteiger partial charge in [-0.05, 0) is 13.0 Å². The third kappa shape index (κ3) is 4.19. The van der Waals surface area contributed by atoms with E-state index in [2.05, 4.69) is 20.2 Å². The zero-order chi connectivity index (χ0) is 13.5. The number of nitrogens with one attached hydrogen (secondary N) is 1. The molecule has 1 fully saturated rings. The lowest BCUT2D eigenvalue weighted by molar-refractivity contribution is 0.0378. The quantitative estimate of drug-likeness (QED) is 0.628. The zero-order valence-corrected chi connectivity index (χ0v) is 11.8. The summed E-state index contributed by atoms with van der Waals surface area (Å²) < 4.78 is 10.5. The van der Waals surface area contributed by atoms with Crippen molar-refractivity contribution < 1.29 is 9.47 Å². The third-order valence-corrected chi connectivity index (χ3v) is 3.28. The first-order valence-corrected chi connectivity index (χ1v) is 6.77. The minimum absolute atomic E-state index is 0.327. The summed E-state index contributed by atoms with van der Waals surface area (Å²) in [5, 5.41) is 3.55. The number of morpholine rings is 1. The van der Waals surface area contributed by atoms with E-state index in [0.29, 0.717) is 16.7 Å². The summed E-state index contributed by atoms with van der Waals surface area (Å²) in [6.45, 7) is 5.58. The average molecular weight is 287 g/mol. The van der Waals surface area contributed by atoms with Crippen LogP contribution in [0.2, 0.25) is 5.15 Å². The molecule has 0 radical (unpaired) electrons. The molecule has 0 bridgehead atoms. The lowest BCUT2D eigenvalue weighted by atomic mass is 10.3. The molecule has 2 rings (SSSR count). The molecule has 0 aliphatic carbocycles. The van der Waals surface area contributed by atoms with Crippen LogP contribution in [0.1, 0.15) is 6.42 Å². The first-order chi connectivity index (χ1) is 9.31. The number of rotatable bonds is 6. The van der Waals surface area contributed by atoms with Gasteiger partial charge < -0.3 is 14.8 Å². The molecule has 6 nitrogen and oxygen atoms in total. The molecule has 0 aromatic carbocycles. The fourth-order valence-corrected chi connectivity index (χ4v) is 2.20. The van der Waals surface area contributed by atoms with Gasteiger partial charge in [-0.2, -0.15) is 0 Å². The summed E-state index contributed by atoms with van der Waals surface area (Å²) in [4.78, 5) is 10.4. The van der Waals surface area contributed by atoms with Crippen LogP contribution in [0.4, 0.5) is 5.82 Å². The molecule has 106 valence electrons. The van der Waals surface area contributed by atoms with E-state index in [-0.39, 0.29) is 0 Å². The average Bonchev–Trinajstić information content (AvgIpc) is 2.45. The van der Waals surface area contributed by atoms with Crippen LogP contribution < -0.4 is 10.1 Å². The number of nitrogens with zero attached hydrogens (tertiary/aromatic N) is 3. The Morgan fingerprint density at radius 1 is 1.42 bits per heavy atom. The van der Waals surface area contributed by atoms with Gasteiger partial charge in [0.05, 0.1) is 20.3 Å². The maximum absolute atomic E-state index is 5.93. The van der Waals surface area contributed by atoms with Crippen molar-refractivity contribution in [3.8, 4) is 5.75 Å². The molecular formula is C12H19ClN4O2. The Labute approximate surface area is 118 Å². The van der Waals surface area contributed by atoms with E-state index in [4.69, 9.17) is 21.1 Å². The van der Waals surface area contributed by atoms with E-state index in [1.54, 1.807) is 7.11 Å². The molecule has 1 saturated heterocycles. The van der Waals surface area contributed by atoms with Crippen molar-refractivity contribution >= 4 is 17.4 Å². The highest BCUT2D eigenvalue weighted by Gasteiger charge is 2.11. The van der Waals surface area contributed by atoms with Crippen LogP contribution in [-0.2, 0) is 4.74 Å². The van der Waals surface area contributed by atoms with E-state index in [1.165, 1.54) is 6.33 Å². The molecule has 0 unspecified atom stereocenters. The highest BCUT2D eigenvalue weighted by molar-refractivity contribution is 6.31. The van der Waals surface area contributed by atoms with Crippen LogP contribution >= 0.6 is 11.6 Å². The maximum Gasteiger partial charge on any atom is 0.198 e. The van der Waals surface area contributed by atoms with Gasteiger partial charge in [-0.1, -0.05) is 11.6 Å². The number of anilines is 1. The van der Waals surface area contributed by atoms with Crippen molar-refractivity contribution in [1.82, 2.24) is 14.9 Å². The first-order valence-electron chi connectivity index (χ1n) is 6.39. The molecule has 1 N–H and O–H groups in total. The second-order valence-electron chi connectivity index (χ2n) is 4.28. The SMILES string of the molecule is COc1c(Cl)ncnc1NCCCN1CCOCC1. The first kappa shape index (κ1) is 14.3. The number of halogens is 1. The zero-order valence-electron chi connectivity index (χ0n) is 11.1. The van der Waals surface area contributed by atoms with Crippen molar-refractivity contribution in [2.45, 2.75) is 6.42 Å². The largest absolute Gasteiger partial charge is 0.490 e. The normalized spacial score (nSPS) is 16.3. The molecule has 1 aromatic rings. The van der Waals surface area contributed by atoms with Gasteiger partial charge in [-0.3, -0.25) is 4.90 Å². The van der Waals surface area contributed by atoms with Gasteiger partial charge in [-0.15, -0.1) is 0 Å². The predicted octanol–water partition coefficient (Wildman–Crippen LogP) is 1.27. The van der Waals surface area contributed by atoms with E-state index in [0.717, 1.165) is 45.8 Å². The summed E-state index contributed by atoms with van der Waals surface area (Å²) in [5.74, 6) is 1.14. The van der Waals surface area contributed by atoms with E-state index in [9.17, 15) is 0 Å². The summed E-state index contributed by atoms with van der Waals surface area (Å²) in [5.41, 5.74) is 0. The van der Waals surface area contributed by atoms with Crippen molar-refractivity contribution in [3.63, 3.8) is 0 Å². The summed E-state index contributed by atoms with van der Waals surface area (Å²) in [6, 6.07) is 0. The highest BCUT2D eigenvalue weighted by atomic mass is 35.5. The molecule has 0 atom stereocenters. The van der Waals surface area contributed by atoms with Crippen LogP contribution in [0.5, 0.6) is 5.75 Å². The van der Waals surface area contributed by atoms with Crippen LogP contribution in [0.25, 0.3) is 0 Å². The molecule has 0 spiro atoms. The Morgan fingerprint density at radius 3 is 2.95 bits per heavy atom.